The van der Waals surface area contributed by atoms with E-state index in [9.17, 15) is 0 Å². The van der Waals surface area contributed by atoms with Crippen LogP contribution in [0.15, 0.2) is 0 Å². The zero-order valence-electron chi connectivity index (χ0n) is 6.04. The maximum absolute atomic E-state index is 2.25. The maximum Gasteiger partial charge on any atom is 0 e. The third-order valence-corrected chi connectivity index (χ3v) is 1.21. The molecule has 0 aliphatic carbocycles. The Balaban J connectivity index is 0. The first kappa shape index (κ1) is 11.6. The molecule has 0 unspecified atom stereocenters. The van der Waals surface area contributed by atoms with Crippen LogP contribution in [0.1, 0.15) is 46.0 Å². The van der Waals surface area contributed by atoms with Gasteiger partial charge in [-0.25, -0.2) is 0 Å². The van der Waals surface area contributed by atoms with Crippen molar-refractivity contribution in [2.24, 2.45) is 0 Å². The van der Waals surface area contributed by atoms with Gasteiger partial charge in [0.2, 0.25) is 0 Å². The van der Waals surface area contributed by atoms with Crippen LogP contribution < -0.4 is 0 Å². The van der Waals surface area contributed by atoms with Crippen LogP contribution >= 0.6 is 0 Å². The summed E-state index contributed by atoms with van der Waals surface area (Å²) in [5, 5.41) is 0. The summed E-state index contributed by atoms with van der Waals surface area (Å²) in [6, 6.07) is 0. The van der Waals surface area contributed by atoms with Gasteiger partial charge in [-0.15, -0.1) is 0 Å². The molecule has 0 bridgehead atoms. The minimum Gasteiger partial charge on any atom is -0.0654 e. The molecule has 0 aromatic heterocycles. The van der Waals surface area contributed by atoms with Crippen LogP contribution in [0.5, 0.6) is 0 Å². The molecular formula is C7H16Sn. The smallest absolute Gasteiger partial charge is 0 e. The van der Waals surface area contributed by atoms with Gasteiger partial charge in [-0.05, 0) is 0 Å². The van der Waals surface area contributed by atoms with E-state index in [0.29, 0.717) is 0 Å². The van der Waals surface area contributed by atoms with Crippen molar-refractivity contribution in [3.05, 3.63) is 0 Å². The van der Waals surface area contributed by atoms with Crippen LogP contribution in [-0.4, -0.2) is 23.9 Å². The second-order valence-electron chi connectivity index (χ2n) is 2.06. The molecule has 0 aromatic rings. The molecule has 0 saturated heterocycles. The van der Waals surface area contributed by atoms with E-state index in [1.54, 1.807) is 0 Å². The first-order chi connectivity index (χ1) is 3.41. The van der Waals surface area contributed by atoms with Crippen LogP contribution in [0.2, 0.25) is 0 Å². The molecule has 0 fully saturated rings. The molecule has 0 atom stereocenters. The molecule has 1 heteroatoms. The number of unbranched alkanes of at least 4 members (excludes halogenated alkanes) is 4. The number of rotatable bonds is 4. The molecule has 0 spiro atoms. The summed E-state index contributed by atoms with van der Waals surface area (Å²) < 4.78 is 0. The van der Waals surface area contributed by atoms with Crippen LogP contribution in [0.4, 0.5) is 0 Å². The molecule has 0 aliphatic heterocycles. The summed E-state index contributed by atoms with van der Waals surface area (Å²) in [4.78, 5) is 0. The summed E-state index contributed by atoms with van der Waals surface area (Å²) in [6.45, 7) is 4.49. The van der Waals surface area contributed by atoms with Gasteiger partial charge in [-0.3, -0.25) is 0 Å². The quantitative estimate of drug-likeness (QED) is 0.503. The fourth-order valence-corrected chi connectivity index (χ4v) is 0.677. The third kappa shape index (κ3) is 9.93. The van der Waals surface area contributed by atoms with Gasteiger partial charge in [0.25, 0.3) is 0 Å². The first-order valence-electron chi connectivity index (χ1n) is 3.41. The van der Waals surface area contributed by atoms with Crippen LogP contribution in [0.3, 0.4) is 0 Å². The van der Waals surface area contributed by atoms with E-state index in [0.717, 1.165) is 0 Å². The second-order valence-corrected chi connectivity index (χ2v) is 2.06. The Kier molecular flexibility index (Phi) is 15.5. The molecule has 0 rings (SSSR count). The summed E-state index contributed by atoms with van der Waals surface area (Å²) >= 11 is 0. The van der Waals surface area contributed by atoms with Crippen LogP contribution in [-0.2, 0) is 0 Å². The minimum absolute atomic E-state index is 0. The Labute approximate surface area is 70.0 Å². The molecule has 0 amide bonds. The zero-order valence-corrected chi connectivity index (χ0v) is 8.89. The summed E-state index contributed by atoms with van der Waals surface area (Å²) in [5.41, 5.74) is 0. The average Bonchev–Trinajstić information content (AvgIpc) is 1.69. The predicted octanol–water partition coefficient (Wildman–Crippen LogP) is 2.60. The van der Waals surface area contributed by atoms with E-state index in [-0.39, 0.29) is 23.9 Å². The molecule has 0 nitrogen and oxygen atoms in total. The first-order valence-corrected chi connectivity index (χ1v) is 3.41. The van der Waals surface area contributed by atoms with Gasteiger partial charge in [0.05, 0.1) is 0 Å². The minimum atomic E-state index is 0. The normalized spacial score (nSPS) is 8.25. The van der Waals surface area contributed by atoms with Crippen molar-refractivity contribution >= 4 is 23.9 Å². The fraction of sp³-hybridized carbons (Fsp3) is 1.00. The Hall–Kier alpha value is 0.799. The molecule has 4 radical (unpaired) electrons. The summed E-state index contributed by atoms with van der Waals surface area (Å²) in [6.07, 6.45) is 7.01. The number of hydrogen-bond acceptors (Lipinski definition) is 0. The van der Waals surface area contributed by atoms with E-state index in [1.807, 2.05) is 0 Å². The zero-order chi connectivity index (χ0) is 5.54. The average molecular weight is 219 g/mol. The van der Waals surface area contributed by atoms with E-state index in [4.69, 9.17) is 0 Å². The maximum atomic E-state index is 2.25. The fourth-order valence-electron chi connectivity index (χ4n) is 0.677. The van der Waals surface area contributed by atoms with Gasteiger partial charge in [0.1, 0.15) is 0 Å². The van der Waals surface area contributed by atoms with Crippen molar-refractivity contribution in [3.63, 3.8) is 0 Å². The van der Waals surface area contributed by atoms with Crippen molar-refractivity contribution < 1.29 is 0 Å². The van der Waals surface area contributed by atoms with Gasteiger partial charge in [0, 0.05) is 23.9 Å². The standard InChI is InChI=1S/C7H16.Sn/c1-3-5-7-6-4-2;/h3-7H2,1-2H3;. The molecule has 48 valence electrons. The van der Waals surface area contributed by atoms with E-state index in [1.165, 1.54) is 32.1 Å². The third-order valence-electron chi connectivity index (χ3n) is 1.21. The number of hydrogen-bond donors (Lipinski definition) is 0. The topological polar surface area (TPSA) is 0 Å². The van der Waals surface area contributed by atoms with Crippen molar-refractivity contribution in [2.45, 2.75) is 46.0 Å². The Morgan fingerprint density at radius 1 is 0.750 bits per heavy atom. The SMILES string of the molecule is CCCCCCC.[Sn]. The largest absolute Gasteiger partial charge is 0.0654 e. The van der Waals surface area contributed by atoms with Gasteiger partial charge in [-0.2, -0.15) is 0 Å². The molecule has 0 N–H and O–H groups in total. The Morgan fingerprint density at radius 2 is 1.12 bits per heavy atom. The molecule has 0 aliphatic rings. The van der Waals surface area contributed by atoms with Crippen molar-refractivity contribution in [3.8, 4) is 0 Å². The summed E-state index contributed by atoms with van der Waals surface area (Å²) in [5.74, 6) is 0. The predicted molar refractivity (Wildman–Crippen MR) is 40.2 cm³/mol. The van der Waals surface area contributed by atoms with E-state index >= 15 is 0 Å². The van der Waals surface area contributed by atoms with Crippen LogP contribution in [0.25, 0.3) is 0 Å². The summed E-state index contributed by atoms with van der Waals surface area (Å²) in [7, 11) is 0. The van der Waals surface area contributed by atoms with Crippen molar-refractivity contribution in [2.75, 3.05) is 0 Å². The molecule has 0 aromatic carbocycles. The van der Waals surface area contributed by atoms with Crippen molar-refractivity contribution in [1.29, 1.82) is 0 Å². The van der Waals surface area contributed by atoms with E-state index < -0.39 is 0 Å². The van der Waals surface area contributed by atoms with Crippen LogP contribution in [0, 0.1) is 0 Å². The van der Waals surface area contributed by atoms with Gasteiger partial charge in [-0.1, -0.05) is 46.0 Å². The molecule has 0 saturated carbocycles. The van der Waals surface area contributed by atoms with E-state index in [2.05, 4.69) is 13.8 Å². The molecule has 0 heterocycles. The molecule has 8 heavy (non-hydrogen) atoms. The Morgan fingerprint density at radius 3 is 1.38 bits per heavy atom. The van der Waals surface area contributed by atoms with Gasteiger partial charge < -0.3 is 0 Å². The second kappa shape index (κ2) is 10.7. The van der Waals surface area contributed by atoms with Crippen molar-refractivity contribution in [1.82, 2.24) is 0 Å². The Bertz CT molecular complexity index is 23.6. The monoisotopic (exact) mass is 220 g/mol. The molecular weight excluding hydrogens is 203 g/mol. The van der Waals surface area contributed by atoms with Gasteiger partial charge in [0.15, 0.2) is 0 Å². The van der Waals surface area contributed by atoms with Gasteiger partial charge >= 0.3 is 0 Å².